The Morgan fingerprint density at radius 1 is 1.32 bits per heavy atom. The molecule has 1 saturated heterocycles. The Morgan fingerprint density at radius 2 is 2.23 bits per heavy atom. The number of piperidine rings is 1. The lowest BCUT2D eigenvalue weighted by Crippen LogP contribution is -2.47. The van der Waals surface area contributed by atoms with Crippen LogP contribution in [-0.4, -0.2) is 39.1 Å². The van der Waals surface area contributed by atoms with E-state index in [1.807, 2.05) is 4.68 Å². The van der Waals surface area contributed by atoms with Crippen molar-refractivity contribution in [1.82, 2.24) is 19.9 Å². The van der Waals surface area contributed by atoms with Crippen LogP contribution in [0.1, 0.15) is 43.0 Å². The third-order valence-electron chi connectivity index (χ3n) is 4.61. The average molecular weight is 302 g/mol. The van der Waals surface area contributed by atoms with Crippen molar-refractivity contribution in [3.63, 3.8) is 0 Å². The Hall–Kier alpha value is -1.66. The van der Waals surface area contributed by atoms with Crippen molar-refractivity contribution < 1.29 is 9.15 Å². The number of fused-ring (bicyclic) bond motifs is 3. The van der Waals surface area contributed by atoms with Gasteiger partial charge in [-0.2, -0.15) is 0 Å². The Labute approximate surface area is 130 Å². The number of hydrogen-bond acceptors (Lipinski definition) is 5. The van der Waals surface area contributed by atoms with E-state index in [0.29, 0.717) is 6.61 Å². The fourth-order valence-electron chi connectivity index (χ4n) is 3.50. The fourth-order valence-corrected chi connectivity index (χ4v) is 3.50. The first-order valence-corrected chi connectivity index (χ1v) is 8.14. The van der Waals surface area contributed by atoms with Crippen molar-refractivity contribution in [3.8, 4) is 0 Å². The molecule has 0 N–H and O–H groups in total. The quantitative estimate of drug-likeness (QED) is 0.866. The SMILES string of the molecule is CCCc1ccc(CN2CC[C@H]3OCc4cnnn4[C@H]3C2)o1. The summed E-state index contributed by atoms with van der Waals surface area (Å²) in [5.41, 5.74) is 1.08. The normalized spacial score (nSPS) is 25.0. The summed E-state index contributed by atoms with van der Waals surface area (Å²) in [4.78, 5) is 2.43. The summed E-state index contributed by atoms with van der Waals surface area (Å²) >= 11 is 0. The monoisotopic (exact) mass is 302 g/mol. The summed E-state index contributed by atoms with van der Waals surface area (Å²) in [6.45, 7) is 5.63. The number of likely N-dealkylation sites (tertiary alicyclic amines) is 1. The number of furan rings is 1. The number of ether oxygens (including phenoxy) is 1. The van der Waals surface area contributed by atoms with Gasteiger partial charge in [0.05, 0.1) is 37.2 Å². The fraction of sp³-hybridized carbons (Fsp3) is 0.625. The minimum atomic E-state index is 0.262. The second kappa shape index (κ2) is 5.85. The number of aryl methyl sites for hydroxylation is 1. The van der Waals surface area contributed by atoms with Gasteiger partial charge in [0.15, 0.2) is 0 Å². The molecule has 0 amide bonds. The lowest BCUT2D eigenvalue weighted by Gasteiger charge is -2.40. The maximum atomic E-state index is 5.95. The summed E-state index contributed by atoms with van der Waals surface area (Å²) in [6, 6.07) is 4.48. The summed E-state index contributed by atoms with van der Waals surface area (Å²) in [6.07, 6.45) is 5.23. The number of nitrogens with zero attached hydrogens (tertiary/aromatic N) is 4. The molecule has 0 aliphatic carbocycles. The van der Waals surface area contributed by atoms with Crippen molar-refractivity contribution >= 4 is 0 Å². The molecule has 0 spiro atoms. The van der Waals surface area contributed by atoms with Crippen LogP contribution in [0, 0.1) is 0 Å². The molecule has 4 heterocycles. The molecule has 118 valence electrons. The number of aromatic nitrogens is 3. The zero-order chi connectivity index (χ0) is 14.9. The summed E-state index contributed by atoms with van der Waals surface area (Å²) in [7, 11) is 0. The molecule has 2 aliphatic rings. The van der Waals surface area contributed by atoms with E-state index < -0.39 is 0 Å². The molecular formula is C16H22N4O2. The van der Waals surface area contributed by atoms with Crippen LogP contribution in [0.25, 0.3) is 0 Å². The molecule has 6 heteroatoms. The Bertz CT molecular complexity index is 636. The van der Waals surface area contributed by atoms with E-state index in [-0.39, 0.29) is 12.1 Å². The van der Waals surface area contributed by atoms with Gasteiger partial charge < -0.3 is 9.15 Å². The van der Waals surface area contributed by atoms with Crippen molar-refractivity contribution in [2.24, 2.45) is 0 Å². The average Bonchev–Trinajstić information content (AvgIpc) is 3.17. The van der Waals surface area contributed by atoms with E-state index in [4.69, 9.17) is 9.15 Å². The van der Waals surface area contributed by atoms with Gasteiger partial charge in [-0.15, -0.1) is 5.10 Å². The molecule has 2 aliphatic heterocycles. The minimum absolute atomic E-state index is 0.262. The van der Waals surface area contributed by atoms with Crippen LogP contribution in [-0.2, 0) is 24.3 Å². The highest BCUT2D eigenvalue weighted by atomic mass is 16.5. The molecular weight excluding hydrogens is 280 g/mol. The molecule has 1 fully saturated rings. The molecule has 2 aromatic rings. The Kier molecular flexibility index (Phi) is 3.72. The third-order valence-corrected chi connectivity index (χ3v) is 4.61. The molecule has 2 atom stereocenters. The highest BCUT2D eigenvalue weighted by Gasteiger charge is 2.36. The van der Waals surface area contributed by atoms with E-state index in [0.717, 1.165) is 56.1 Å². The first-order chi connectivity index (χ1) is 10.8. The van der Waals surface area contributed by atoms with Crippen LogP contribution < -0.4 is 0 Å². The van der Waals surface area contributed by atoms with Crippen LogP contribution in [0.2, 0.25) is 0 Å². The third kappa shape index (κ3) is 2.57. The predicted molar refractivity (Wildman–Crippen MR) is 80.2 cm³/mol. The highest BCUT2D eigenvalue weighted by Crippen LogP contribution is 2.30. The van der Waals surface area contributed by atoms with Crippen LogP contribution in [0.5, 0.6) is 0 Å². The van der Waals surface area contributed by atoms with Crippen LogP contribution in [0.3, 0.4) is 0 Å². The molecule has 6 nitrogen and oxygen atoms in total. The topological polar surface area (TPSA) is 56.3 Å². The number of hydrogen-bond donors (Lipinski definition) is 0. The molecule has 0 unspecified atom stereocenters. The smallest absolute Gasteiger partial charge is 0.118 e. The molecule has 0 bridgehead atoms. The maximum Gasteiger partial charge on any atom is 0.118 e. The van der Waals surface area contributed by atoms with Crippen molar-refractivity contribution in [3.05, 3.63) is 35.5 Å². The van der Waals surface area contributed by atoms with Gasteiger partial charge >= 0.3 is 0 Å². The van der Waals surface area contributed by atoms with Crippen LogP contribution >= 0.6 is 0 Å². The van der Waals surface area contributed by atoms with E-state index in [9.17, 15) is 0 Å². The summed E-state index contributed by atoms with van der Waals surface area (Å²) < 4.78 is 13.9. The largest absolute Gasteiger partial charge is 0.465 e. The van der Waals surface area contributed by atoms with Crippen molar-refractivity contribution in [1.29, 1.82) is 0 Å². The van der Waals surface area contributed by atoms with Crippen molar-refractivity contribution in [2.45, 2.75) is 51.5 Å². The van der Waals surface area contributed by atoms with Gasteiger partial charge in [0, 0.05) is 19.5 Å². The molecule has 4 rings (SSSR count). The summed E-state index contributed by atoms with van der Waals surface area (Å²) in [5, 5.41) is 8.27. The second-order valence-corrected chi connectivity index (χ2v) is 6.23. The lowest BCUT2D eigenvalue weighted by molar-refractivity contribution is -0.0677. The molecule has 0 aromatic carbocycles. The second-order valence-electron chi connectivity index (χ2n) is 6.23. The molecule has 0 radical (unpaired) electrons. The first kappa shape index (κ1) is 14.0. The predicted octanol–water partition coefficient (Wildman–Crippen LogP) is 2.17. The summed E-state index contributed by atoms with van der Waals surface area (Å²) in [5.74, 6) is 2.14. The van der Waals surface area contributed by atoms with Gasteiger partial charge in [-0.1, -0.05) is 12.1 Å². The standard InChI is InChI=1S/C16H22N4O2/c1-2-3-13-4-5-14(22-13)9-19-7-6-16-15(10-19)20-12(11-21-16)8-17-18-20/h4-5,8,15-16H,2-3,6-7,9-11H2,1H3/t15-,16+/m0/s1. The lowest BCUT2D eigenvalue weighted by atomic mass is 10.0. The van der Waals surface area contributed by atoms with Gasteiger partial charge in [0.2, 0.25) is 0 Å². The first-order valence-electron chi connectivity index (χ1n) is 8.14. The minimum Gasteiger partial charge on any atom is -0.465 e. The Balaban J connectivity index is 1.45. The van der Waals surface area contributed by atoms with Crippen molar-refractivity contribution in [2.75, 3.05) is 13.1 Å². The van der Waals surface area contributed by atoms with Crippen LogP contribution in [0.4, 0.5) is 0 Å². The molecule has 2 aromatic heterocycles. The molecule has 0 saturated carbocycles. The van der Waals surface area contributed by atoms with Gasteiger partial charge in [0.25, 0.3) is 0 Å². The van der Waals surface area contributed by atoms with E-state index in [1.165, 1.54) is 0 Å². The Morgan fingerprint density at radius 3 is 3.14 bits per heavy atom. The van der Waals surface area contributed by atoms with Gasteiger partial charge in [-0.05, 0) is 25.0 Å². The number of rotatable bonds is 4. The maximum absolute atomic E-state index is 5.95. The van der Waals surface area contributed by atoms with Gasteiger partial charge in [0.1, 0.15) is 11.5 Å². The van der Waals surface area contributed by atoms with E-state index in [1.54, 1.807) is 6.20 Å². The zero-order valence-corrected chi connectivity index (χ0v) is 12.9. The van der Waals surface area contributed by atoms with Gasteiger partial charge in [-0.25, -0.2) is 4.68 Å². The highest BCUT2D eigenvalue weighted by molar-refractivity contribution is 5.08. The zero-order valence-electron chi connectivity index (χ0n) is 12.9. The molecule has 22 heavy (non-hydrogen) atoms. The van der Waals surface area contributed by atoms with Gasteiger partial charge in [-0.3, -0.25) is 4.90 Å². The van der Waals surface area contributed by atoms with E-state index in [2.05, 4.69) is 34.3 Å². The van der Waals surface area contributed by atoms with Crippen LogP contribution in [0.15, 0.2) is 22.7 Å². The van der Waals surface area contributed by atoms with E-state index >= 15 is 0 Å².